The van der Waals surface area contributed by atoms with Gasteiger partial charge in [-0.2, -0.15) is 5.10 Å². The molecule has 6 atom stereocenters. The first-order valence-corrected chi connectivity index (χ1v) is 10.6. The lowest BCUT2D eigenvalue weighted by Gasteiger charge is -2.27. The van der Waals surface area contributed by atoms with Crippen LogP contribution in [0.5, 0.6) is 0 Å². The van der Waals surface area contributed by atoms with Crippen LogP contribution < -0.4 is 5.73 Å². The summed E-state index contributed by atoms with van der Waals surface area (Å²) in [5.74, 6) is 0.182. The molecule has 0 bridgehead atoms. The van der Waals surface area contributed by atoms with E-state index in [1.807, 2.05) is 0 Å². The molecule has 1 aliphatic heterocycles. The van der Waals surface area contributed by atoms with Crippen LogP contribution in [0.3, 0.4) is 0 Å². The van der Waals surface area contributed by atoms with Crippen molar-refractivity contribution in [2.45, 2.75) is 30.0 Å². The number of aliphatic imine (C=N–C) groups is 1. The number of nitrogens with zero attached hydrogens (tertiary/aromatic N) is 4. The smallest absolute Gasteiger partial charge is 0.394 e. The molecule has 0 aromatic carbocycles. The fourth-order valence-corrected chi connectivity index (χ4v) is 4.01. The van der Waals surface area contributed by atoms with Gasteiger partial charge in [0, 0.05) is 13.3 Å². The molecule has 14 nitrogen and oxygen atoms in total. The summed E-state index contributed by atoms with van der Waals surface area (Å²) in [7, 11) is -3.20. The number of nitrogens with two attached hydrogens (primary N) is 1. The number of aliphatic hydroxyl groups excluding tert-OH is 4. The van der Waals surface area contributed by atoms with Crippen molar-refractivity contribution >= 4 is 25.4 Å². The Kier molecular flexibility index (Phi) is 7.05. The van der Waals surface area contributed by atoms with Crippen LogP contribution in [-0.4, -0.2) is 97.4 Å². The van der Waals surface area contributed by atoms with E-state index in [2.05, 4.69) is 19.6 Å². The summed E-state index contributed by atoms with van der Waals surface area (Å²) in [6.45, 7) is -1.96. The number of aliphatic hydroxyl groups is 4. The summed E-state index contributed by atoms with van der Waals surface area (Å²) in [5, 5.41) is 43.4. The van der Waals surface area contributed by atoms with Crippen LogP contribution >= 0.6 is 7.82 Å². The zero-order valence-electron chi connectivity index (χ0n) is 16.4. The Morgan fingerprint density at radius 1 is 1.45 bits per heavy atom. The number of rotatable bonds is 9. The van der Waals surface area contributed by atoms with Gasteiger partial charge in [0.05, 0.1) is 25.5 Å². The molecule has 3 heterocycles. The van der Waals surface area contributed by atoms with Gasteiger partial charge in [-0.3, -0.25) is 14.0 Å². The minimum atomic E-state index is -4.64. The van der Waals surface area contributed by atoms with Crippen LogP contribution in [0, 0.1) is 0 Å². The van der Waals surface area contributed by atoms with Gasteiger partial charge in [-0.1, -0.05) is 0 Å². The van der Waals surface area contributed by atoms with Gasteiger partial charge in [-0.15, -0.1) is 0 Å². The van der Waals surface area contributed by atoms with E-state index in [0.717, 1.165) is 0 Å². The molecule has 3 rings (SSSR count). The minimum absolute atomic E-state index is 0.182. The van der Waals surface area contributed by atoms with Crippen LogP contribution in [0.1, 0.15) is 5.69 Å². The first kappa shape index (κ1) is 23.7. The summed E-state index contributed by atoms with van der Waals surface area (Å²) in [6.07, 6.45) is -3.23. The van der Waals surface area contributed by atoms with Crippen molar-refractivity contribution in [2.75, 3.05) is 32.6 Å². The highest BCUT2D eigenvalue weighted by atomic mass is 31.2. The average Bonchev–Trinajstić information content (AvgIpc) is 3.28. The number of hydrogen-bond donors (Lipinski definition) is 6. The van der Waals surface area contributed by atoms with Crippen LogP contribution in [0.15, 0.2) is 23.5 Å². The lowest BCUT2D eigenvalue weighted by atomic mass is 9.92. The van der Waals surface area contributed by atoms with Crippen LogP contribution in [0.2, 0.25) is 0 Å². The third-order valence-corrected chi connectivity index (χ3v) is 5.69. The first-order chi connectivity index (χ1) is 14.6. The summed E-state index contributed by atoms with van der Waals surface area (Å²) in [4.78, 5) is 17.5. The largest absolute Gasteiger partial charge is 0.472 e. The predicted molar refractivity (Wildman–Crippen MR) is 105 cm³/mol. The van der Waals surface area contributed by atoms with Crippen molar-refractivity contribution in [3.8, 4) is 0 Å². The quantitative estimate of drug-likeness (QED) is 0.174. The Labute approximate surface area is 176 Å². The number of anilines is 1. The number of nitrogen functional groups attached to an aromatic ring is 1. The van der Waals surface area contributed by atoms with Gasteiger partial charge in [0.15, 0.2) is 11.4 Å². The maximum atomic E-state index is 12.0. The molecule has 2 aromatic rings. The molecule has 0 amide bonds. The average molecular weight is 461 g/mol. The van der Waals surface area contributed by atoms with Gasteiger partial charge in [0.1, 0.15) is 36.3 Å². The fraction of sp³-hybridized carbons (Fsp3) is 0.562. The SMILES string of the molecule is CN=C[C@@]1(c2ccc3c(N)ncnn23)O[C@H](COP(=O)(O)OC[C@H](O)CO)C(O)C1O. The normalized spacial score (nSPS) is 29.5. The van der Waals surface area contributed by atoms with Crippen LogP contribution in [-0.2, 0) is 24.0 Å². The summed E-state index contributed by atoms with van der Waals surface area (Å²) in [6, 6.07) is 3.17. The van der Waals surface area contributed by atoms with E-state index in [0.29, 0.717) is 5.52 Å². The number of fused-ring (bicyclic) bond motifs is 1. The molecule has 31 heavy (non-hydrogen) atoms. The van der Waals surface area contributed by atoms with Crippen molar-refractivity contribution in [3.05, 3.63) is 24.2 Å². The Morgan fingerprint density at radius 2 is 2.19 bits per heavy atom. The highest BCUT2D eigenvalue weighted by Crippen LogP contribution is 2.46. The van der Waals surface area contributed by atoms with Gasteiger partial charge < -0.3 is 35.8 Å². The summed E-state index contributed by atoms with van der Waals surface area (Å²) < 4.78 is 28.6. The van der Waals surface area contributed by atoms with E-state index in [4.69, 9.17) is 20.1 Å². The third-order valence-electron chi connectivity index (χ3n) is 4.74. The van der Waals surface area contributed by atoms with Gasteiger partial charge in [0.2, 0.25) is 0 Å². The molecular formula is C16H24N5O9P. The number of phosphoric ester groups is 1. The maximum absolute atomic E-state index is 12.0. The third kappa shape index (κ3) is 4.62. The van der Waals surface area contributed by atoms with Crippen LogP contribution in [0.4, 0.5) is 5.82 Å². The van der Waals surface area contributed by atoms with Crippen molar-refractivity contribution in [1.29, 1.82) is 0 Å². The number of hydrogen-bond acceptors (Lipinski definition) is 12. The Morgan fingerprint density at radius 3 is 2.87 bits per heavy atom. The summed E-state index contributed by atoms with van der Waals surface area (Å²) in [5.41, 5.74) is 4.88. The Balaban J connectivity index is 1.84. The molecule has 1 saturated heterocycles. The first-order valence-electron chi connectivity index (χ1n) is 9.12. The van der Waals surface area contributed by atoms with Crippen LogP contribution in [0.25, 0.3) is 5.52 Å². The van der Waals surface area contributed by atoms with Crippen molar-refractivity contribution < 1.29 is 43.7 Å². The fourth-order valence-electron chi connectivity index (χ4n) is 3.24. The Hall–Kier alpha value is -2.00. The van der Waals surface area contributed by atoms with E-state index in [-0.39, 0.29) is 11.5 Å². The molecule has 3 unspecified atom stereocenters. The zero-order valence-corrected chi connectivity index (χ0v) is 17.3. The monoisotopic (exact) mass is 461 g/mol. The molecule has 0 radical (unpaired) electrons. The lowest BCUT2D eigenvalue weighted by Crippen LogP contribution is -2.43. The molecule has 7 N–H and O–H groups in total. The second-order valence-corrected chi connectivity index (χ2v) is 8.28. The molecule has 0 aliphatic carbocycles. The molecule has 15 heteroatoms. The molecule has 1 fully saturated rings. The van der Waals surface area contributed by atoms with E-state index in [1.54, 1.807) is 12.1 Å². The minimum Gasteiger partial charge on any atom is -0.394 e. The van der Waals surface area contributed by atoms with E-state index < -0.39 is 57.7 Å². The van der Waals surface area contributed by atoms with E-state index >= 15 is 0 Å². The van der Waals surface area contributed by atoms with Gasteiger partial charge >= 0.3 is 7.82 Å². The molecule has 1 aliphatic rings. The topological polar surface area (TPSA) is 214 Å². The lowest BCUT2D eigenvalue weighted by molar-refractivity contribution is -0.0550. The summed E-state index contributed by atoms with van der Waals surface area (Å²) >= 11 is 0. The van der Waals surface area contributed by atoms with E-state index in [1.165, 1.54) is 24.1 Å². The molecular weight excluding hydrogens is 437 g/mol. The maximum Gasteiger partial charge on any atom is 0.472 e. The number of phosphoric acid groups is 1. The number of ether oxygens (including phenoxy) is 1. The van der Waals surface area contributed by atoms with Crippen molar-refractivity contribution in [3.63, 3.8) is 0 Å². The van der Waals surface area contributed by atoms with Gasteiger partial charge in [-0.25, -0.2) is 14.1 Å². The number of aromatic nitrogens is 3. The second-order valence-electron chi connectivity index (χ2n) is 6.83. The highest BCUT2D eigenvalue weighted by molar-refractivity contribution is 7.47. The molecule has 2 aromatic heterocycles. The predicted octanol–water partition coefficient (Wildman–Crippen LogP) is -2.19. The zero-order chi connectivity index (χ0) is 22.8. The highest BCUT2D eigenvalue weighted by Gasteiger charge is 2.56. The molecule has 0 spiro atoms. The Bertz CT molecular complexity index is 988. The van der Waals surface area contributed by atoms with Gasteiger partial charge in [0.25, 0.3) is 0 Å². The second kappa shape index (κ2) is 9.24. The molecule has 0 saturated carbocycles. The van der Waals surface area contributed by atoms with Crippen molar-refractivity contribution in [1.82, 2.24) is 14.6 Å². The molecule has 172 valence electrons. The van der Waals surface area contributed by atoms with E-state index in [9.17, 15) is 24.8 Å². The van der Waals surface area contributed by atoms with Gasteiger partial charge in [-0.05, 0) is 12.1 Å². The van der Waals surface area contributed by atoms with Crippen molar-refractivity contribution in [2.24, 2.45) is 4.99 Å². The standard InChI is InChI=1S/C16H24N5O9P/c1-18-7-16(12-3-2-10-15(17)19-8-20-21(10)12)14(25)13(24)11(30-16)6-29-31(26,27)28-5-9(23)4-22/h2-3,7-9,11,13-14,22-25H,4-6H2,1H3,(H,26,27)(H2,17,19,20)/t9-,11-,13?,14?,16+/m1/s1.